The van der Waals surface area contributed by atoms with E-state index in [9.17, 15) is 17.6 Å². The zero-order chi connectivity index (χ0) is 22.8. The molecular weight excluding hydrogens is 425 g/mol. The molecule has 2 aromatic rings. The van der Waals surface area contributed by atoms with Crippen LogP contribution >= 0.6 is 0 Å². The van der Waals surface area contributed by atoms with Crippen LogP contribution in [-0.2, 0) is 15.5 Å². The fourth-order valence-corrected chi connectivity index (χ4v) is 4.06. The van der Waals surface area contributed by atoms with Crippen LogP contribution < -0.4 is 5.48 Å². The van der Waals surface area contributed by atoms with Crippen molar-refractivity contribution in [1.82, 2.24) is 15.3 Å². The molecule has 0 spiro atoms. The van der Waals surface area contributed by atoms with Gasteiger partial charge in [-0.1, -0.05) is 19.8 Å². The second-order valence-corrected chi connectivity index (χ2v) is 9.23. The second kappa shape index (κ2) is 9.06. The van der Waals surface area contributed by atoms with Crippen molar-refractivity contribution in [3.05, 3.63) is 29.7 Å². The van der Waals surface area contributed by atoms with Gasteiger partial charge >= 0.3 is 0 Å². The molecule has 3 atom stereocenters. The number of rotatable bonds is 6. The summed E-state index contributed by atoms with van der Waals surface area (Å²) in [6.45, 7) is 3.06. The summed E-state index contributed by atoms with van der Waals surface area (Å²) in [7, 11) is -3.05. The van der Waals surface area contributed by atoms with Crippen molar-refractivity contribution in [3.8, 4) is 23.7 Å². The number of carbonyl (C=O) groups is 1. The lowest BCUT2D eigenvalue weighted by molar-refractivity contribution is -0.138. The lowest BCUT2D eigenvalue weighted by Crippen LogP contribution is -2.37. The van der Waals surface area contributed by atoms with Crippen molar-refractivity contribution in [3.63, 3.8) is 0 Å². The van der Waals surface area contributed by atoms with Gasteiger partial charge in [0, 0.05) is 24.1 Å². The number of thiol groups is 1. The first-order valence-corrected chi connectivity index (χ1v) is 10.8. The molecule has 3 N–H and O–H groups in total. The van der Waals surface area contributed by atoms with E-state index in [1.807, 2.05) is 0 Å². The number of hydroxylamine groups is 1. The number of nitrogens with one attached hydrogen (secondary N) is 1. The Morgan fingerprint density at radius 1 is 1.42 bits per heavy atom. The number of halogens is 1. The van der Waals surface area contributed by atoms with Gasteiger partial charge < -0.3 is 5.11 Å². The van der Waals surface area contributed by atoms with Crippen LogP contribution in [0.15, 0.2) is 18.3 Å². The number of hydrogen-bond acceptors (Lipinski definition) is 6. The highest BCUT2D eigenvalue weighted by Crippen LogP contribution is 2.36. The summed E-state index contributed by atoms with van der Waals surface area (Å²) in [5.74, 6) is 9.76. The first-order chi connectivity index (χ1) is 14.7. The predicted octanol–water partition coefficient (Wildman–Crippen LogP) is 1.19. The molecule has 0 bridgehead atoms. The maximum atomic E-state index is 14.9. The number of fused-ring (bicyclic) bond motifs is 1. The van der Waals surface area contributed by atoms with Crippen LogP contribution in [0.1, 0.15) is 37.6 Å². The Hall–Kier alpha value is -2.92. The van der Waals surface area contributed by atoms with E-state index in [-0.39, 0.29) is 41.3 Å². The molecule has 0 saturated heterocycles. The van der Waals surface area contributed by atoms with Gasteiger partial charge in [0.1, 0.15) is 5.82 Å². The average Bonchev–Trinajstić information content (AvgIpc) is 3.36. The number of benzene rings is 1. The topological polar surface area (TPSA) is 122 Å². The number of nitrogens with zero attached hydrogens (tertiary/aromatic N) is 2. The van der Waals surface area contributed by atoms with Crippen molar-refractivity contribution in [1.29, 1.82) is 0 Å². The highest BCUT2D eigenvalue weighted by atomic mass is 32.2. The third-order valence-electron chi connectivity index (χ3n) is 5.27. The Kier molecular flexibility index (Phi) is 6.65. The maximum Gasteiger partial charge on any atom is 0.249 e. The monoisotopic (exact) mass is 447 g/mol. The minimum absolute atomic E-state index is 0.0913. The summed E-state index contributed by atoms with van der Waals surface area (Å²) in [4.78, 5) is 11.8. The number of hydrogen-bond donors (Lipinski definition) is 4. The van der Waals surface area contributed by atoms with Gasteiger partial charge in [0.25, 0.3) is 0 Å². The number of aromatic nitrogens is 2. The first-order valence-electron chi connectivity index (χ1n) is 9.55. The Balaban J connectivity index is 1.88. The Morgan fingerprint density at radius 3 is 2.77 bits per heavy atom. The molecule has 0 radical (unpaired) electrons. The van der Waals surface area contributed by atoms with Gasteiger partial charge in [-0.05, 0) is 48.7 Å². The van der Waals surface area contributed by atoms with Gasteiger partial charge in [-0.15, -0.1) is 0 Å². The Labute approximate surface area is 180 Å². The van der Waals surface area contributed by atoms with Crippen LogP contribution in [0.25, 0.3) is 10.9 Å². The van der Waals surface area contributed by atoms with E-state index in [1.165, 1.54) is 37.7 Å². The molecule has 31 heavy (non-hydrogen) atoms. The van der Waals surface area contributed by atoms with Crippen molar-refractivity contribution >= 4 is 27.5 Å². The quantitative estimate of drug-likeness (QED) is 0.228. The van der Waals surface area contributed by atoms with Crippen LogP contribution in [0, 0.1) is 46.7 Å². The van der Waals surface area contributed by atoms with Crippen LogP contribution in [0.5, 0.6) is 0 Å². The molecule has 1 aliphatic rings. The van der Waals surface area contributed by atoms with Crippen molar-refractivity contribution in [2.75, 3.05) is 6.61 Å². The summed E-state index contributed by atoms with van der Waals surface area (Å²) in [5, 5.41) is 20.9. The standard InChI is InChI=1S/C21H22FN3O5S/c1-21(2,20(27)24-28)10-18(31(29)30)25-11-16-17(23-25)8-7-13(19(16)22)5-3-4-6-14-9-15(14)12-26/h7-8,11,14-15,18,26,28,31H,9-10,12H2,1-2H3,(H,24,27)/t14-,15+,18+/m0/s1. The highest BCUT2D eigenvalue weighted by Gasteiger charge is 2.35. The van der Waals surface area contributed by atoms with Gasteiger partial charge in [-0.25, -0.2) is 18.3 Å². The van der Waals surface area contributed by atoms with Gasteiger partial charge in [0.15, 0.2) is 16.1 Å². The van der Waals surface area contributed by atoms with Gasteiger partial charge in [0.2, 0.25) is 5.91 Å². The van der Waals surface area contributed by atoms with E-state index in [4.69, 9.17) is 10.3 Å². The molecule has 1 amide bonds. The summed E-state index contributed by atoms with van der Waals surface area (Å²) >= 11 is 0. The van der Waals surface area contributed by atoms with E-state index in [0.717, 1.165) is 11.1 Å². The molecular formula is C21H22FN3O5S. The lowest BCUT2D eigenvalue weighted by Gasteiger charge is -2.24. The zero-order valence-electron chi connectivity index (χ0n) is 16.9. The molecule has 1 aromatic heterocycles. The molecule has 1 aromatic carbocycles. The molecule has 0 aliphatic heterocycles. The SMILES string of the molecule is CC(C)(C[C@H](n1cc2c(F)c(C#CC#C[C@H]3C[C@@H]3CO)ccc2n1)[SH](=O)=O)C(=O)NO. The lowest BCUT2D eigenvalue weighted by atomic mass is 9.88. The maximum absolute atomic E-state index is 14.9. The molecule has 0 unspecified atom stereocenters. The van der Waals surface area contributed by atoms with Gasteiger partial charge in [-0.3, -0.25) is 14.7 Å². The summed E-state index contributed by atoms with van der Waals surface area (Å²) < 4.78 is 39.7. The second-order valence-electron chi connectivity index (χ2n) is 8.07. The number of carbonyl (C=O) groups excluding carboxylic acids is 1. The van der Waals surface area contributed by atoms with Crippen molar-refractivity contribution in [2.24, 2.45) is 17.3 Å². The zero-order valence-corrected chi connectivity index (χ0v) is 17.8. The minimum Gasteiger partial charge on any atom is -0.396 e. The summed E-state index contributed by atoms with van der Waals surface area (Å²) in [6, 6.07) is 2.96. The minimum atomic E-state index is -3.05. The van der Waals surface area contributed by atoms with E-state index >= 15 is 0 Å². The first kappa shape index (κ1) is 22.8. The van der Waals surface area contributed by atoms with E-state index in [0.29, 0.717) is 0 Å². The van der Waals surface area contributed by atoms with E-state index < -0.39 is 33.2 Å². The molecule has 1 heterocycles. The Bertz CT molecular complexity index is 1200. The molecule has 10 heteroatoms. The Morgan fingerprint density at radius 2 is 2.16 bits per heavy atom. The molecule has 1 fully saturated rings. The fourth-order valence-electron chi connectivity index (χ4n) is 3.15. The smallest absolute Gasteiger partial charge is 0.249 e. The summed E-state index contributed by atoms with van der Waals surface area (Å²) in [5.41, 5.74) is 0.646. The van der Waals surface area contributed by atoms with Crippen LogP contribution in [0.2, 0.25) is 0 Å². The van der Waals surface area contributed by atoms with Gasteiger partial charge in [0.05, 0.1) is 16.5 Å². The number of amides is 1. The third kappa shape index (κ3) is 5.05. The molecule has 164 valence electrons. The molecule has 1 saturated carbocycles. The highest BCUT2D eigenvalue weighted by molar-refractivity contribution is 7.72. The molecule has 1 aliphatic carbocycles. The number of aliphatic hydroxyl groups excluding tert-OH is 1. The molecule has 3 rings (SSSR count). The predicted molar refractivity (Wildman–Crippen MR) is 111 cm³/mol. The van der Waals surface area contributed by atoms with E-state index in [1.54, 1.807) is 0 Å². The normalized spacial score (nSPS) is 18.6. The van der Waals surface area contributed by atoms with E-state index in [2.05, 4.69) is 28.8 Å². The van der Waals surface area contributed by atoms with Gasteiger partial charge in [-0.2, -0.15) is 5.10 Å². The van der Waals surface area contributed by atoms with Crippen molar-refractivity contribution in [2.45, 2.75) is 32.1 Å². The molecule has 8 nitrogen and oxygen atoms in total. The third-order valence-corrected chi connectivity index (χ3v) is 6.18. The number of aliphatic hydroxyl groups is 1. The fraction of sp³-hybridized carbons (Fsp3) is 0.429. The van der Waals surface area contributed by atoms with Crippen LogP contribution in [0.3, 0.4) is 0 Å². The average molecular weight is 447 g/mol. The largest absolute Gasteiger partial charge is 0.396 e. The van der Waals surface area contributed by atoms with Crippen molar-refractivity contribution < 1.29 is 27.9 Å². The van der Waals surface area contributed by atoms with Crippen LogP contribution in [0.4, 0.5) is 4.39 Å². The summed E-state index contributed by atoms with van der Waals surface area (Å²) in [6.07, 6.45) is 1.93. The van der Waals surface area contributed by atoms with Crippen LogP contribution in [-0.4, -0.2) is 41.0 Å².